The largest absolute Gasteiger partial charge is 0.508 e. The highest BCUT2D eigenvalue weighted by atomic mass is 19.1. The Kier molecular flexibility index (Phi) is 4.28. The van der Waals surface area contributed by atoms with Gasteiger partial charge < -0.3 is 15.5 Å². The average Bonchev–Trinajstić information content (AvgIpc) is 2.41. The topological polar surface area (TPSA) is 69.6 Å². The van der Waals surface area contributed by atoms with Crippen LogP contribution in [0.2, 0.25) is 0 Å². The fourth-order valence-electron chi connectivity index (χ4n) is 2.63. The highest BCUT2D eigenvalue weighted by Gasteiger charge is 2.35. The number of nitrogens with one attached hydrogen (secondary N) is 1. The summed E-state index contributed by atoms with van der Waals surface area (Å²) in [5.74, 6) is -0.953. The monoisotopic (exact) mass is 281 g/mol. The van der Waals surface area contributed by atoms with Crippen LogP contribution in [-0.2, 0) is 0 Å². The number of phenols is 1. The number of carbonyl (C=O) groups is 1. The lowest BCUT2D eigenvalue weighted by Crippen LogP contribution is -2.53. The lowest BCUT2D eigenvalue weighted by atomic mass is 9.77. The van der Waals surface area contributed by atoms with Crippen molar-refractivity contribution in [3.63, 3.8) is 0 Å². The molecule has 4 nitrogen and oxygen atoms in total. The van der Waals surface area contributed by atoms with E-state index in [0.717, 1.165) is 18.9 Å². The molecule has 0 saturated heterocycles. The predicted molar refractivity (Wildman–Crippen MR) is 73.0 cm³/mol. The number of hydrogen-bond acceptors (Lipinski definition) is 3. The number of halogens is 1. The van der Waals surface area contributed by atoms with E-state index in [9.17, 15) is 14.3 Å². The number of benzene rings is 1. The summed E-state index contributed by atoms with van der Waals surface area (Å²) in [6.45, 7) is 1.99. The molecule has 0 spiro atoms. The Morgan fingerprint density at radius 2 is 2.10 bits per heavy atom. The van der Waals surface area contributed by atoms with Gasteiger partial charge in [0.2, 0.25) is 0 Å². The van der Waals surface area contributed by atoms with Crippen LogP contribution in [-0.4, -0.2) is 28.3 Å². The fraction of sp³-hybridized carbons (Fsp3) is 0.533. The van der Waals surface area contributed by atoms with Gasteiger partial charge in [0.1, 0.15) is 11.6 Å². The Hall–Kier alpha value is -1.62. The second-order valence-electron chi connectivity index (χ2n) is 5.74. The summed E-state index contributed by atoms with van der Waals surface area (Å²) >= 11 is 0. The third-order valence-electron chi connectivity index (χ3n) is 4.11. The number of amides is 1. The van der Waals surface area contributed by atoms with Crippen molar-refractivity contribution >= 4 is 5.91 Å². The second kappa shape index (κ2) is 5.79. The van der Waals surface area contributed by atoms with Gasteiger partial charge in [0.25, 0.3) is 5.91 Å². The number of rotatable bonds is 3. The van der Waals surface area contributed by atoms with Gasteiger partial charge in [-0.25, -0.2) is 4.39 Å². The zero-order valence-electron chi connectivity index (χ0n) is 11.5. The van der Waals surface area contributed by atoms with Crippen molar-refractivity contribution in [2.24, 2.45) is 5.92 Å². The molecule has 1 aliphatic rings. The van der Waals surface area contributed by atoms with Crippen molar-refractivity contribution in [1.82, 2.24) is 5.32 Å². The van der Waals surface area contributed by atoms with Crippen LogP contribution in [0.25, 0.3) is 0 Å². The lowest BCUT2D eigenvalue weighted by Gasteiger charge is -2.38. The normalized spacial score (nSPS) is 26.2. The van der Waals surface area contributed by atoms with Crippen LogP contribution in [0, 0.1) is 11.7 Å². The lowest BCUT2D eigenvalue weighted by molar-refractivity contribution is 0.0713. The molecule has 5 heteroatoms. The van der Waals surface area contributed by atoms with Crippen molar-refractivity contribution in [1.29, 1.82) is 0 Å². The highest BCUT2D eigenvalue weighted by Crippen LogP contribution is 2.32. The van der Waals surface area contributed by atoms with Gasteiger partial charge in [0, 0.05) is 6.07 Å². The van der Waals surface area contributed by atoms with Gasteiger partial charge in [0.05, 0.1) is 17.7 Å². The third-order valence-corrected chi connectivity index (χ3v) is 4.11. The van der Waals surface area contributed by atoms with E-state index in [-0.39, 0.29) is 17.9 Å². The molecule has 1 saturated carbocycles. The maximum atomic E-state index is 13.7. The number of aliphatic hydroxyl groups excluding tert-OH is 1. The Balaban J connectivity index is 2.13. The highest BCUT2D eigenvalue weighted by molar-refractivity contribution is 5.95. The molecular weight excluding hydrogens is 261 g/mol. The molecule has 1 amide bonds. The Bertz CT molecular complexity index is 496. The van der Waals surface area contributed by atoms with Crippen LogP contribution in [0.4, 0.5) is 4.39 Å². The first kappa shape index (κ1) is 14.8. The summed E-state index contributed by atoms with van der Waals surface area (Å²) in [5.41, 5.74) is -0.775. The average molecular weight is 281 g/mol. The first-order valence-electron chi connectivity index (χ1n) is 6.88. The van der Waals surface area contributed by atoms with Crippen molar-refractivity contribution < 1.29 is 19.4 Å². The van der Waals surface area contributed by atoms with Crippen molar-refractivity contribution in [3.05, 3.63) is 29.6 Å². The van der Waals surface area contributed by atoms with E-state index in [0.29, 0.717) is 18.8 Å². The summed E-state index contributed by atoms with van der Waals surface area (Å²) in [5, 5.41) is 21.5. The van der Waals surface area contributed by atoms with Crippen LogP contribution in [0.1, 0.15) is 43.0 Å². The smallest absolute Gasteiger partial charge is 0.254 e. The summed E-state index contributed by atoms with van der Waals surface area (Å²) in [6, 6.07) is 3.42. The van der Waals surface area contributed by atoms with Crippen molar-refractivity contribution in [3.8, 4) is 5.75 Å². The molecule has 1 aromatic rings. The molecule has 0 heterocycles. The molecule has 1 aromatic carbocycles. The van der Waals surface area contributed by atoms with Gasteiger partial charge in [-0.2, -0.15) is 0 Å². The zero-order chi connectivity index (χ0) is 14.8. The Labute approximate surface area is 117 Å². The summed E-state index contributed by atoms with van der Waals surface area (Å²) in [4.78, 5) is 12.1. The van der Waals surface area contributed by atoms with Crippen LogP contribution >= 0.6 is 0 Å². The molecule has 20 heavy (non-hydrogen) atoms. The van der Waals surface area contributed by atoms with Gasteiger partial charge in [-0.3, -0.25) is 4.79 Å². The minimum Gasteiger partial charge on any atom is -0.508 e. The molecule has 0 unspecified atom stereocenters. The molecule has 0 atom stereocenters. The van der Waals surface area contributed by atoms with E-state index in [4.69, 9.17) is 5.11 Å². The van der Waals surface area contributed by atoms with Gasteiger partial charge in [-0.05, 0) is 43.7 Å². The molecule has 1 aliphatic carbocycles. The minimum atomic E-state index is -0.764. The molecule has 0 aromatic heterocycles. The second-order valence-corrected chi connectivity index (χ2v) is 5.74. The number of hydrogen-bond donors (Lipinski definition) is 3. The van der Waals surface area contributed by atoms with Gasteiger partial charge in [-0.1, -0.05) is 6.92 Å². The summed E-state index contributed by atoms with van der Waals surface area (Å²) in [6.07, 6.45) is 3.24. The number of aliphatic hydroxyl groups is 1. The maximum Gasteiger partial charge on any atom is 0.254 e. The first-order valence-corrected chi connectivity index (χ1v) is 6.88. The van der Waals surface area contributed by atoms with Crippen LogP contribution in [0.5, 0.6) is 5.75 Å². The summed E-state index contributed by atoms with van der Waals surface area (Å²) < 4.78 is 13.7. The van der Waals surface area contributed by atoms with Crippen LogP contribution in [0.15, 0.2) is 18.2 Å². The van der Waals surface area contributed by atoms with Crippen molar-refractivity contribution in [2.45, 2.75) is 38.1 Å². The number of carbonyl (C=O) groups excluding carboxylic acids is 1. The number of phenolic OH excluding ortho intramolecular Hbond substituents is 1. The SMILES string of the molecule is CC1CCC(CO)(NC(=O)c2ccc(O)cc2F)CC1. The van der Waals surface area contributed by atoms with E-state index in [1.807, 2.05) is 0 Å². The molecular formula is C15H20FNO3. The minimum absolute atomic E-state index is 0.116. The first-order chi connectivity index (χ1) is 9.46. The zero-order valence-corrected chi connectivity index (χ0v) is 11.5. The van der Waals surface area contributed by atoms with Crippen LogP contribution in [0.3, 0.4) is 0 Å². The fourth-order valence-corrected chi connectivity index (χ4v) is 2.63. The van der Waals surface area contributed by atoms with E-state index < -0.39 is 17.3 Å². The Morgan fingerprint density at radius 3 is 2.65 bits per heavy atom. The van der Waals surface area contributed by atoms with Crippen molar-refractivity contribution in [2.75, 3.05) is 6.61 Å². The maximum absolute atomic E-state index is 13.7. The van der Waals surface area contributed by atoms with E-state index >= 15 is 0 Å². The Morgan fingerprint density at radius 1 is 1.45 bits per heavy atom. The molecule has 0 radical (unpaired) electrons. The van der Waals surface area contributed by atoms with Gasteiger partial charge in [-0.15, -0.1) is 0 Å². The molecule has 0 bridgehead atoms. The molecule has 2 rings (SSSR count). The molecule has 110 valence electrons. The van der Waals surface area contributed by atoms with E-state index in [1.165, 1.54) is 12.1 Å². The van der Waals surface area contributed by atoms with E-state index in [1.54, 1.807) is 0 Å². The van der Waals surface area contributed by atoms with E-state index in [2.05, 4.69) is 12.2 Å². The predicted octanol–water partition coefficient (Wildman–Crippen LogP) is 2.20. The molecule has 0 aliphatic heterocycles. The number of aromatic hydroxyl groups is 1. The van der Waals surface area contributed by atoms with Gasteiger partial charge >= 0.3 is 0 Å². The molecule has 1 fully saturated rings. The standard InChI is InChI=1S/C15H20FNO3/c1-10-4-6-15(9-18,7-5-10)17-14(20)12-3-2-11(19)8-13(12)16/h2-3,8,10,18-19H,4-7,9H2,1H3,(H,17,20). The molecule has 3 N–H and O–H groups in total. The van der Waals surface area contributed by atoms with Crippen LogP contribution < -0.4 is 5.32 Å². The van der Waals surface area contributed by atoms with Gasteiger partial charge in [0.15, 0.2) is 0 Å². The quantitative estimate of drug-likeness (QED) is 0.795. The summed E-state index contributed by atoms with van der Waals surface area (Å²) in [7, 11) is 0. The third kappa shape index (κ3) is 3.10.